The van der Waals surface area contributed by atoms with Crippen molar-refractivity contribution in [1.82, 2.24) is 0 Å². The molecule has 1 saturated carbocycles. The fourth-order valence-corrected chi connectivity index (χ4v) is 2.66. The van der Waals surface area contributed by atoms with E-state index >= 15 is 0 Å². The summed E-state index contributed by atoms with van der Waals surface area (Å²) in [5.74, 6) is 1.43. The predicted octanol–water partition coefficient (Wildman–Crippen LogP) is 3.50. The van der Waals surface area contributed by atoms with Gasteiger partial charge in [0.2, 0.25) is 0 Å². The van der Waals surface area contributed by atoms with Crippen LogP contribution >= 0.6 is 17.0 Å². The van der Waals surface area contributed by atoms with Crippen LogP contribution in [0.15, 0.2) is 30.3 Å². The highest BCUT2D eigenvalue weighted by Gasteiger charge is 2.24. The molecular formula is C13H20BrN. The van der Waals surface area contributed by atoms with Crippen LogP contribution in [0.2, 0.25) is 0 Å². The number of halogens is 1. The van der Waals surface area contributed by atoms with Crippen LogP contribution in [0.25, 0.3) is 0 Å². The molecule has 1 unspecified atom stereocenters. The van der Waals surface area contributed by atoms with Crippen molar-refractivity contribution in [3.8, 4) is 0 Å². The van der Waals surface area contributed by atoms with Gasteiger partial charge in [-0.15, -0.1) is 17.0 Å². The van der Waals surface area contributed by atoms with E-state index in [2.05, 4.69) is 30.3 Å². The number of hydrogen-bond acceptors (Lipinski definition) is 1. The van der Waals surface area contributed by atoms with Gasteiger partial charge >= 0.3 is 0 Å². The molecule has 2 heteroatoms. The molecule has 0 aliphatic heterocycles. The van der Waals surface area contributed by atoms with Crippen LogP contribution in [0.1, 0.15) is 37.2 Å². The lowest BCUT2D eigenvalue weighted by atomic mass is 9.85. The van der Waals surface area contributed by atoms with Gasteiger partial charge in [-0.05, 0) is 36.8 Å². The molecule has 0 radical (unpaired) electrons. The van der Waals surface area contributed by atoms with Crippen LogP contribution in [-0.4, -0.2) is 6.54 Å². The first kappa shape index (κ1) is 12.7. The molecule has 0 aromatic heterocycles. The van der Waals surface area contributed by atoms with Gasteiger partial charge in [0.25, 0.3) is 0 Å². The molecule has 0 bridgehead atoms. The van der Waals surface area contributed by atoms with Crippen LogP contribution in [-0.2, 0) is 0 Å². The van der Waals surface area contributed by atoms with Gasteiger partial charge in [-0.1, -0.05) is 43.2 Å². The molecule has 15 heavy (non-hydrogen) atoms. The van der Waals surface area contributed by atoms with Crippen LogP contribution < -0.4 is 5.73 Å². The zero-order chi connectivity index (χ0) is 9.80. The van der Waals surface area contributed by atoms with Crippen molar-refractivity contribution < 1.29 is 0 Å². The zero-order valence-corrected chi connectivity index (χ0v) is 10.8. The van der Waals surface area contributed by atoms with E-state index in [0.717, 1.165) is 12.5 Å². The van der Waals surface area contributed by atoms with Crippen molar-refractivity contribution in [1.29, 1.82) is 0 Å². The van der Waals surface area contributed by atoms with Gasteiger partial charge in [0.15, 0.2) is 0 Å². The molecule has 1 fully saturated rings. The second-order valence-electron chi connectivity index (χ2n) is 4.30. The molecule has 0 amide bonds. The number of benzene rings is 1. The van der Waals surface area contributed by atoms with E-state index in [1.807, 2.05) is 0 Å². The Morgan fingerprint density at radius 2 is 1.73 bits per heavy atom. The number of nitrogens with two attached hydrogens (primary N) is 1. The maximum Gasteiger partial charge on any atom is -0.000556 e. The van der Waals surface area contributed by atoms with Crippen molar-refractivity contribution in [3.63, 3.8) is 0 Å². The van der Waals surface area contributed by atoms with Gasteiger partial charge in [-0.25, -0.2) is 0 Å². The Balaban J connectivity index is 0.00000112. The smallest absolute Gasteiger partial charge is 0.000556 e. The quantitative estimate of drug-likeness (QED) is 0.893. The van der Waals surface area contributed by atoms with E-state index < -0.39 is 0 Å². The third kappa shape index (κ3) is 3.05. The summed E-state index contributed by atoms with van der Waals surface area (Å²) < 4.78 is 0. The summed E-state index contributed by atoms with van der Waals surface area (Å²) in [6.45, 7) is 0.800. The lowest BCUT2D eigenvalue weighted by Gasteiger charge is -2.22. The van der Waals surface area contributed by atoms with E-state index in [1.165, 1.54) is 31.2 Å². The zero-order valence-electron chi connectivity index (χ0n) is 9.06. The van der Waals surface area contributed by atoms with Crippen molar-refractivity contribution in [2.45, 2.75) is 31.6 Å². The summed E-state index contributed by atoms with van der Waals surface area (Å²) in [5, 5.41) is 0. The normalized spacial score (nSPS) is 18.5. The topological polar surface area (TPSA) is 26.0 Å². The molecule has 1 aliphatic carbocycles. The SMILES string of the molecule is Br.NCC(c1ccccc1)C1CCCC1. The summed E-state index contributed by atoms with van der Waals surface area (Å²) in [5.41, 5.74) is 7.32. The second-order valence-corrected chi connectivity index (χ2v) is 4.30. The van der Waals surface area contributed by atoms with Crippen molar-refractivity contribution in [2.24, 2.45) is 11.7 Å². The predicted molar refractivity (Wildman–Crippen MR) is 70.5 cm³/mol. The molecule has 2 N–H and O–H groups in total. The molecule has 2 rings (SSSR count). The Morgan fingerprint density at radius 1 is 1.13 bits per heavy atom. The minimum atomic E-state index is 0. The maximum atomic E-state index is 5.88. The van der Waals surface area contributed by atoms with Crippen LogP contribution in [0, 0.1) is 5.92 Å². The molecule has 1 aromatic carbocycles. The molecule has 84 valence electrons. The van der Waals surface area contributed by atoms with E-state index in [1.54, 1.807) is 0 Å². The molecule has 1 atom stereocenters. The fraction of sp³-hybridized carbons (Fsp3) is 0.538. The maximum absolute atomic E-state index is 5.88. The van der Waals surface area contributed by atoms with Gasteiger partial charge in [-0.2, -0.15) is 0 Å². The Kier molecular flexibility index (Phi) is 5.34. The number of rotatable bonds is 3. The summed E-state index contributed by atoms with van der Waals surface area (Å²) in [4.78, 5) is 0. The average molecular weight is 270 g/mol. The highest BCUT2D eigenvalue weighted by molar-refractivity contribution is 8.93. The van der Waals surface area contributed by atoms with Gasteiger partial charge < -0.3 is 5.73 Å². The van der Waals surface area contributed by atoms with E-state index in [4.69, 9.17) is 5.73 Å². The minimum Gasteiger partial charge on any atom is -0.330 e. The first-order valence-electron chi connectivity index (χ1n) is 5.67. The van der Waals surface area contributed by atoms with E-state index in [0.29, 0.717) is 5.92 Å². The van der Waals surface area contributed by atoms with E-state index in [-0.39, 0.29) is 17.0 Å². The Morgan fingerprint density at radius 3 is 2.27 bits per heavy atom. The van der Waals surface area contributed by atoms with Gasteiger partial charge in [-0.3, -0.25) is 0 Å². The van der Waals surface area contributed by atoms with Gasteiger partial charge in [0, 0.05) is 0 Å². The van der Waals surface area contributed by atoms with Crippen LogP contribution in [0.5, 0.6) is 0 Å². The Hall–Kier alpha value is -0.340. The summed E-state index contributed by atoms with van der Waals surface area (Å²) in [6, 6.07) is 10.7. The third-order valence-electron chi connectivity index (χ3n) is 3.45. The first-order chi connectivity index (χ1) is 6.92. The van der Waals surface area contributed by atoms with Gasteiger partial charge in [0.05, 0.1) is 0 Å². The minimum absolute atomic E-state index is 0. The monoisotopic (exact) mass is 269 g/mol. The van der Waals surface area contributed by atoms with Crippen LogP contribution in [0.3, 0.4) is 0 Å². The van der Waals surface area contributed by atoms with E-state index in [9.17, 15) is 0 Å². The lowest BCUT2D eigenvalue weighted by molar-refractivity contribution is 0.440. The molecule has 1 aliphatic rings. The largest absolute Gasteiger partial charge is 0.330 e. The molecule has 1 aromatic rings. The molecule has 1 nitrogen and oxygen atoms in total. The van der Waals surface area contributed by atoms with Crippen LogP contribution in [0.4, 0.5) is 0 Å². The Labute approximate surface area is 103 Å². The highest BCUT2D eigenvalue weighted by Crippen LogP contribution is 2.36. The van der Waals surface area contributed by atoms with Crippen molar-refractivity contribution in [3.05, 3.63) is 35.9 Å². The van der Waals surface area contributed by atoms with Crippen molar-refractivity contribution >= 4 is 17.0 Å². The fourth-order valence-electron chi connectivity index (χ4n) is 2.66. The number of hydrogen-bond donors (Lipinski definition) is 1. The molecule has 0 spiro atoms. The lowest BCUT2D eigenvalue weighted by Crippen LogP contribution is -2.19. The molecule has 0 heterocycles. The molecule has 0 saturated heterocycles. The summed E-state index contributed by atoms with van der Waals surface area (Å²) >= 11 is 0. The second kappa shape index (κ2) is 6.29. The summed E-state index contributed by atoms with van der Waals surface area (Å²) in [7, 11) is 0. The van der Waals surface area contributed by atoms with Gasteiger partial charge in [0.1, 0.15) is 0 Å². The average Bonchev–Trinajstić information content (AvgIpc) is 2.74. The Bertz CT molecular complexity index is 267. The summed E-state index contributed by atoms with van der Waals surface area (Å²) in [6.07, 6.45) is 5.54. The highest BCUT2D eigenvalue weighted by atomic mass is 79.9. The first-order valence-corrected chi connectivity index (χ1v) is 5.67. The van der Waals surface area contributed by atoms with Crippen molar-refractivity contribution in [2.75, 3.05) is 6.54 Å². The third-order valence-corrected chi connectivity index (χ3v) is 3.45. The molecular weight excluding hydrogens is 250 g/mol. The standard InChI is InChI=1S/C13H19N.BrH/c14-10-13(12-8-4-5-9-12)11-6-2-1-3-7-11;/h1-3,6-7,12-13H,4-5,8-10,14H2;1H.